The molecule has 0 spiro atoms. The summed E-state index contributed by atoms with van der Waals surface area (Å²) in [6.45, 7) is 6.90. The number of hydrogen-bond acceptors (Lipinski definition) is 2. The normalized spacial score (nSPS) is 12.0. The second kappa shape index (κ2) is 22.3. The van der Waals surface area contributed by atoms with E-state index in [1.807, 2.05) is 12.4 Å². The third kappa shape index (κ3) is 13.5. The van der Waals surface area contributed by atoms with Gasteiger partial charge in [-0.3, -0.25) is 19.0 Å². The van der Waals surface area contributed by atoms with Crippen molar-refractivity contribution in [3.05, 3.63) is 96.1 Å². The molecule has 0 saturated carbocycles. The van der Waals surface area contributed by atoms with Crippen LogP contribution in [0, 0.1) is 0 Å². The van der Waals surface area contributed by atoms with Gasteiger partial charge in [-0.1, -0.05) is 89.5 Å². The Morgan fingerprint density at radius 2 is 0.780 bits per heavy atom. The minimum atomic E-state index is 0. The summed E-state index contributed by atoms with van der Waals surface area (Å²) in [5.41, 5.74) is 6.84. The number of rotatable bonds is 20. The third-order valence-corrected chi connectivity index (χ3v) is 9.91. The molecular formula is C44H62Br2N4. The Labute approximate surface area is 325 Å². The highest BCUT2D eigenvalue weighted by atomic mass is 79.9. The summed E-state index contributed by atoms with van der Waals surface area (Å²) in [5.74, 6) is 0. The van der Waals surface area contributed by atoms with Crippen LogP contribution in [-0.4, -0.2) is 53.7 Å². The van der Waals surface area contributed by atoms with Gasteiger partial charge in [0.25, 0.3) is 0 Å². The first-order valence-corrected chi connectivity index (χ1v) is 18.7. The molecule has 4 aromatic rings. The van der Waals surface area contributed by atoms with Crippen LogP contribution in [0.2, 0.25) is 0 Å². The van der Waals surface area contributed by atoms with Crippen molar-refractivity contribution in [2.75, 3.05) is 41.3 Å². The first kappa shape index (κ1) is 43.5. The van der Waals surface area contributed by atoms with E-state index < -0.39 is 0 Å². The highest BCUT2D eigenvalue weighted by molar-refractivity contribution is 6.02. The zero-order valence-electron chi connectivity index (χ0n) is 31.7. The van der Waals surface area contributed by atoms with Crippen molar-refractivity contribution in [2.24, 2.45) is 9.98 Å². The van der Waals surface area contributed by atoms with Gasteiger partial charge >= 0.3 is 0 Å². The summed E-state index contributed by atoms with van der Waals surface area (Å²) in [5, 5.41) is 2.22. The molecular weight excluding hydrogens is 744 g/mol. The molecule has 0 aliphatic rings. The van der Waals surface area contributed by atoms with Crippen LogP contribution in [0.5, 0.6) is 0 Å². The van der Waals surface area contributed by atoms with Crippen LogP contribution in [0.1, 0.15) is 102 Å². The lowest BCUT2D eigenvalue weighted by Gasteiger charge is -2.29. The zero-order chi connectivity index (χ0) is 34.2. The van der Waals surface area contributed by atoms with Gasteiger partial charge in [-0.25, -0.2) is 0 Å². The van der Waals surface area contributed by atoms with Gasteiger partial charge in [-0.15, -0.1) is 0 Å². The van der Waals surface area contributed by atoms with E-state index in [2.05, 4.69) is 127 Å². The Morgan fingerprint density at radius 1 is 0.440 bits per heavy atom. The Balaban J connectivity index is 0.00000433. The van der Waals surface area contributed by atoms with Crippen molar-refractivity contribution in [3.63, 3.8) is 0 Å². The van der Waals surface area contributed by atoms with Crippen molar-refractivity contribution >= 4 is 46.0 Å². The molecule has 0 amide bonds. The van der Waals surface area contributed by atoms with Gasteiger partial charge in [0.1, 0.15) is 11.4 Å². The topological polar surface area (TPSA) is 24.7 Å². The average molecular weight is 807 g/mol. The maximum atomic E-state index is 4.93. The SMILES string of the molecule is CCCCCCCC[N+](C)(C)c1ccc(C=Nc2cccc3c(N=Cc4ccc([N+](C)(C)CCCCCCCC)cc4)cccc23)cc1.[Br-].[Br-]. The molecule has 0 bridgehead atoms. The minimum absolute atomic E-state index is 0. The number of quaternary nitrogens is 2. The van der Waals surface area contributed by atoms with Gasteiger partial charge in [0.2, 0.25) is 0 Å². The molecule has 0 aromatic heterocycles. The lowest BCUT2D eigenvalue weighted by Crippen LogP contribution is -3.00. The Bertz CT molecular complexity index is 1470. The highest BCUT2D eigenvalue weighted by Crippen LogP contribution is 2.33. The molecule has 50 heavy (non-hydrogen) atoms. The van der Waals surface area contributed by atoms with Crippen molar-refractivity contribution in [1.29, 1.82) is 0 Å². The minimum Gasteiger partial charge on any atom is -1.00 e. The Hall–Kier alpha value is -2.64. The van der Waals surface area contributed by atoms with Crippen molar-refractivity contribution in [3.8, 4) is 0 Å². The number of unbranched alkanes of at least 4 members (excludes halogenated alkanes) is 10. The first-order valence-electron chi connectivity index (χ1n) is 18.7. The Kier molecular flexibility index (Phi) is 19.4. The molecule has 4 rings (SSSR count). The van der Waals surface area contributed by atoms with E-state index in [0.717, 1.165) is 42.2 Å². The van der Waals surface area contributed by atoms with E-state index in [-0.39, 0.29) is 34.0 Å². The zero-order valence-corrected chi connectivity index (χ0v) is 34.9. The van der Waals surface area contributed by atoms with Crippen LogP contribution in [0.25, 0.3) is 10.8 Å². The van der Waals surface area contributed by atoms with Crippen molar-refractivity contribution in [2.45, 2.75) is 90.9 Å². The number of fused-ring (bicyclic) bond motifs is 1. The summed E-state index contributed by atoms with van der Waals surface area (Å²) in [6.07, 6.45) is 20.0. The second-order valence-corrected chi connectivity index (χ2v) is 14.7. The van der Waals surface area contributed by atoms with Crippen LogP contribution >= 0.6 is 0 Å². The fraction of sp³-hybridized carbons (Fsp3) is 0.455. The molecule has 0 fully saturated rings. The molecule has 0 N–H and O–H groups in total. The van der Waals surface area contributed by atoms with Gasteiger partial charge in [-0.2, -0.15) is 0 Å². The van der Waals surface area contributed by atoms with E-state index in [0.29, 0.717) is 0 Å². The van der Waals surface area contributed by atoms with Crippen LogP contribution in [0.4, 0.5) is 22.7 Å². The molecule has 0 aliphatic carbocycles. The van der Waals surface area contributed by atoms with Crippen LogP contribution < -0.4 is 42.9 Å². The van der Waals surface area contributed by atoms with E-state index in [1.54, 1.807) is 0 Å². The number of hydrogen-bond donors (Lipinski definition) is 0. The quantitative estimate of drug-likeness (QED) is 0.0578. The molecule has 0 aliphatic heterocycles. The molecule has 6 heteroatoms. The summed E-state index contributed by atoms with van der Waals surface area (Å²) >= 11 is 0. The van der Waals surface area contributed by atoms with Gasteiger partial charge in [0, 0.05) is 23.2 Å². The molecule has 0 heterocycles. The largest absolute Gasteiger partial charge is 1.00 e. The third-order valence-electron chi connectivity index (χ3n) is 9.91. The van der Waals surface area contributed by atoms with E-state index in [1.165, 1.54) is 102 Å². The lowest BCUT2D eigenvalue weighted by atomic mass is 10.1. The summed E-state index contributed by atoms with van der Waals surface area (Å²) in [7, 11) is 9.27. The lowest BCUT2D eigenvalue weighted by molar-refractivity contribution is -0.001000. The van der Waals surface area contributed by atoms with Crippen LogP contribution in [-0.2, 0) is 0 Å². The van der Waals surface area contributed by atoms with Crippen molar-refractivity contribution < 1.29 is 34.0 Å². The van der Waals surface area contributed by atoms with E-state index >= 15 is 0 Å². The monoisotopic (exact) mass is 804 g/mol. The first-order chi connectivity index (χ1) is 23.2. The molecule has 4 nitrogen and oxygen atoms in total. The molecule has 272 valence electrons. The fourth-order valence-electron chi connectivity index (χ4n) is 6.55. The van der Waals surface area contributed by atoms with E-state index in [4.69, 9.17) is 9.98 Å². The van der Waals surface area contributed by atoms with Gasteiger partial charge < -0.3 is 34.0 Å². The summed E-state index contributed by atoms with van der Waals surface area (Å²) in [4.78, 5) is 9.86. The van der Waals surface area contributed by atoms with Gasteiger partial charge in [0.05, 0.1) is 52.7 Å². The second-order valence-electron chi connectivity index (χ2n) is 14.7. The molecule has 4 aromatic carbocycles. The van der Waals surface area contributed by atoms with Crippen LogP contribution in [0.3, 0.4) is 0 Å². The number of benzene rings is 4. The van der Waals surface area contributed by atoms with E-state index in [9.17, 15) is 0 Å². The Morgan fingerprint density at radius 3 is 1.14 bits per heavy atom. The average Bonchev–Trinajstić information content (AvgIpc) is 3.09. The fourth-order valence-corrected chi connectivity index (χ4v) is 6.55. The predicted molar refractivity (Wildman–Crippen MR) is 215 cm³/mol. The number of halogens is 2. The smallest absolute Gasteiger partial charge is 0.132 e. The predicted octanol–water partition coefficient (Wildman–Crippen LogP) is 6.20. The summed E-state index contributed by atoms with van der Waals surface area (Å²) in [6, 6.07) is 30.5. The number of aliphatic imine (C=N–C) groups is 2. The highest BCUT2D eigenvalue weighted by Gasteiger charge is 2.19. The molecule has 0 radical (unpaired) electrons. The maximum absolute atomic E-state index is 4.93. The summed E-state index contributed by atoms with van der Waals surface area (Å²) < 4.78 is 1.83. The van der Waals surface area contributed by atoms with Crippen LogP contribution in [0.15, 0.2) is 94.9 Å². The number of nitrogens with zero attached hydrogens (tertiary/aromatic N) is 4. The maximum Gasteiger partial charge on any atom is 0.132 e. The van der Waals surface area contributed by atoms with Gasteiger partial charge in [-0.05, 0) is 97.5 Å². The van der Waals surface area contributed by atoms with Gasteiger partial charge in [0.15, 0.2) is 0 Å². The molecule has 0 unspecified atom stereocenters. The molecule has 0 saturated heterocycles. The van der Waals surface area contributed by atoms with Crippen molar-refractivity contribution in [1.82, 2.24) is 8.97 Å². The molecule has 0 atom stereocenters. The standard InChI is InChI=1S/C44H62N4.2BrH/c1-7-9-11-13-15-17-33-47(3,4)39-29-25-37(26-30-39)35-45-43-23-19-22-42-41(43)21-20-24-44(42)46-36-38-27-31-40(32-28-38)48(5,6)34-18-16-14-12-10-8-2;;/h19-32,35-36H,7-18,33-34H2,1-6H3;2*1H/q+2;;/p-2.